The Bertz CT molecular complexity index is 505. The molecule has 0 aromatic heterocycles. The molecule has 0 aliphatic carbocycles. The van der Waals surface area contributed by atoms with Crippen molar-refractivity contribution in [1.29, 1.82) is 0 Å². The van der Waals surface area contributed by atoms with Crippen LogP contribution in [0.3, 0.4) is 0 Å². The molecule has 17 heavy (non-hydrogen) atoms. The van der Waals surface area contributed by atoms with Gasteiger partial charge < -0.3 is 4.90 Å². The first kappa shape index (κ1) is 11.1. The van der Waals surface area contributed by atoms with Crippen molar-refractivity contribution in [3.8, 4) is 0 Å². The number of halogens is 1. The lowest BCUT2D eigenvalue weighted by Crippen LogP contribution is -2.45. The lowest BCUT2D eigenvalue weighted by Gasteiger charge is -2.32. The van der Waals surface area contributed by atoms with Gasteiger partial charge in [0.2, 0.25) is 5.91 Å². The van der Waals surface area contributed by atoms with Crippen LogP contribution >= 0.6 is 27.7 Å². The number of fused-ring (bicyclic) bond motifs is 1. The van der Waals surface area contributed by atoms with E-state index >= 15 is 0 Å². The fraction of sp³-hybridized carbons (Fsp3) is 0.273. The van der Waals surface area contributed by atoms with Crippen LogP contribution in [0.25, 0.3) is 0 Å². The van der Waals surface area contributed by atoms with E-state index in [2.05, 4.69) is 25.8 Å². The highest BCUT2D eigenvalue weighted by atomic mass is 79.9. The molecule has 1 aromatic carbocycles. The molecule has 0 N–H and O–H groups in total. The Hall–Kier alpha value is -1.01. The van der Waals surface area contributed by atoms with Gasteiger partial charge in [0.1, 0.15) is 13.3 Å². The van der Waals surface area contributed by atoms with E-state index in [4.69, 9.17) is 0 Å². The molecule has 2 heterocycles. The zero-order valence-corrected chi connectivity index (χ0v) is 11.4. The number of hydrogen-bond donors (Lipinski definition) is 0. The highest BCUT2D eigenvalue weighted by Crippen LogP contribution is 2.27. The average molecular weight is 312 g/mol. The lowest BCUT2D eigenvalue weighted by atomic mass is 10.3. The van der Waals surface area contributed by atoms with Crippen LogP contribution in [0.1, 0.15) is 0 Å². The first-order chi connectivity index (χ1) is 8.24. The average Bonchev–Trinajstić information content (AvgIpc) is 2.71. The van der Waals surface area contributed by atoms with Gasteiger partial charge in [0.25, 0.3) is 0 Å². The number of nitrogens with zero attached hydrogens (tertiary/aromatic N) is 3. The van der Waals surface area contributed by atoms with E-state index in [9.17, 15) is 4.79 Å². The standard InChI is InChI=1S/C11H10BrN3OS/c12-8-2-1-3-9(4-8)14-6-13-11-15(7-14)10(16)5-17-11/h1-4H,5-7H2. The summed E-state index contributed by atoms with van der Waals surface area (Å²) in [6.07, 6.45) is 0. The Morgan fingerprint density at radius 1 is 1.41 bits per heavy atom. The topological polar surface area (TPSA) is 35.9 Å². The van der Waals surface area contributed by atoms with Crippen molar-refractivity contribution in [1.82, 2.24) is 4.90 Å². The molecule has 2 aliphatic rings. The second-order valence-electron chi connectivity index (χ2n) is 3.85. The van der Waals surface area contributed by atoms with Gasteiger partial charge in [-0.25, -0.2) is 4.99 Å². The molecule has 0 saturated carbocycles. The van der Waals surface area contributed by atoms with E-state index in [0.29, 0.717) is 19.1 Å². The lowest BCUT2D eigenvalue weighted by molar-refractivity contribution is -0.124. The van der Waals surface area contributed by atoms with E-state index in [1.165, 1.54) is 11.8 Å². The molecule has 4 nitrogen and oxygen atoms in total. The van der Waals surface area contributed by atoms with Crippen LogP contribution in [-0.4, -0.2) is 35.1 Å². The third kappa shape index (κ3) is 2.07. The molecule has 0 spiro atoms. The van der Waals surface area contributed by atoms with Crippen molar-refractivity contribution in [3.05, 3.63) is 28.7 Å². The van der Waals surface area contributed by atoms with Gasteiger partial charge in [0.15, 0.2) is 5.17 Å². The highest BCUT2D eigenvalue weighted by Gasteiger charge is 2.32. The normalized spacial score (nSPS) is 19.4. The van der Waals surface area contributed by atoms with Crippen LogP contribution in [0.4, 0.5) is 5.69 Å². The minimum absolute atomic E-state index is 0.147. The first-order valence-corrected chi connectivity index (χ1v) is 7.00. The van der Waals surface area contributed by atoms with Crippen LogP contribution in [-0.2, 0) is 4.79 Å². The van der Waals surface area contributed by atoms with Gasteiger partial charge in [0, 0.05) is 10.2 Å². The number of carbonyl (C=O) groups excluding carboxylic acids is 1. The summed E-state index contributed by atoms with van der Waals surface area (Å²) in [5.41, 5.74) is 1.08. The van der Waals surface area contributed by atoms with Crippen molar-refractivity contribution in [3.63, 3.8) is 0 Å². The Kier molecular flexibility index (Phi) is 2.84. The summed E-state index contributed by atoms with van der Waals surface area (Å²) in [4.78, 5) is 19.9. The van der Waals surface area contributed by atoms with Gasteiger partial charge in [-0.1, -0.05) is 33.8 Å². The number of anilines is 1. The largest absolute Gasteiger partial charge is 0.334 e. The van der Waals surface area contributed by atoms with E-state index < -0.39 is 0 Å². The molecule has 1 fully saturated rings. The smallest absolute Gasteiger partial charge is 0.240 e. The summed E-state index contributed by atoms with van der Waals surface area (Å²) in [5.74, 6) is 0.666. The number of amides is 1. The van der Waals surface area contributed by atoms with Gasteiger partial charge in [-0.3, -0.25) is 9.69 Å². The zero-order chi connectivity index (χ0) is 11.8. The minimum atomic E-state index is 0.147. The van der Waals surface area contributed by atoms with E-state index in [0.717, 1.165) is 15.3 Å². The van der Waals surface area contributed by atoms with Gasteiger partial charge in [-0.2, -0.15) is 0 Å². The number of benzene rings is 1. The first-order valence-electron chi connectivity index (χ1n) is 5.22. The van der Waals surface area contributed by atoms with Crippen molar-refractivity contribution in [2.24, 2.45) is 4.99 Å². The summed E-state index contributed by atoms with van der Waals surface area (Å²) < 4.78 is 1.03. The molecule has 0 radical (unpaired) electrons. The quantitative estimate of drug-likeness (QED) is 0.797. The second kappa shape index (κ2) is 4.34. The predicted molar refractivity (Wildman–Crippen MR) is 73.1 cm³/mol. The Morgan fingerprint density at radius 2 is 2.29 bits per heavy atom. The Labute approximate surface area is 112 Å². The molecule has 88 valence electrons. The maximum absolute atomic E-state index is 11.6. The van der Waals surface area contributed by atoms with Crippen molar-refractivity contribution in [2.75, 3.05) is 24.0 Å². The number of thioether (sulfide) groups is 1. The molecule has 1 aromatic rings. The summed E-state index contributed by atoms with van der Waals surface area (Å²) >= 11 is 4.98. The number of rotatable bonds is 1. The zero-order valence-electron chi connectivity index (χ0n) is 8.97. The number of aliphatic imine (C=N–C) groups is 1. The van der Waals surface area contributed by atoms with Gasteiger partial charge in [-0.15, -0.1) is 0 Å². The Morgan fingerprint density at radius 3 is 3.12 bits per heavy atom. The van der Waals surface area contributed by atoms with Gasteiger partial charge >= 0.3 is 0 Å². The van der Waals surface area contributed by atoms with Crippen LogP contribution in [0, 0.1) is 0 Å². The van der Waals surface area contributed by atoms with E-state index in [1.807, 2.05) is 24.3 Å². The maximum Gasteiger partial charge on any atom is 0.240 e. The molecule has 6 heteroatoms. The monoisotopic (exact) mass is 311 g/mol. The number of carbonyl (C=O) groups is 1. The Balaban J connectivity index is 1.86. The molecular weight excluding hydrogens is 302 g/mol. The molecule has 3 rings (SSSR count). The molecule has 0 unspecified atom stereocenters. The van der Waals surface area contributed by atoms with Crippen LogP contribution in [0.5, 0.6) is 0 Å². The van der Waals surface area contributed by atoms with Crippen molar-refractivity contribution >= 4 is 44.5 Å². The molecule has 2 aliphatic heterocycles. The third-order valence-corrected chi connectivity index (χ3v) is 4.21. The van der Waals surface area contributed by atoms with Crippen LogP contribution in [0.15, 0.2) is 33.7 Å². The SMILES string of the molecule is O=C1CSC2=NCN(c3cccc(Br)c3)CN12. The number of hydrogen-bond acceptors (Lipinski definition) is 4. The fourth-order valence-corrected chi connectivity index (χ4v) is 3.12. The van der Waals surface area contributed by atoms with Crippen LogP contribution in [0.2, 0.25) is 0 Å². The van der Waals surface area contributed by atoms with Crippen molar-refractivity contribution < 1.29 is 4.79 Å². The fourth-order valence-electron chi connectivity index (χ4n) is 1.86. The van der Waals surface area contributed by atoms with Gasteiger partial charge in [0.05, 0.1) is 5.75 Å². The minimum Gasteiger partial charge on any atom is -0.334 e. The van der Waals surface area contributed by atoms with Crippen molar-refractivity contribution in [2.45, 2.75) is 0 Å². The molecule has 0 atom stereocenters. The predicted octanol–water partition coefficient (Wildman–Crippen LogP) is 2.12. The molecule has 0 bridgehead atoms. The maximum atomic E-state index is 11.6. The highest BCUT2D eigenvalue weighted by molar-refractivity contribution is 9.10. The van der Waals surface area contributed by atoms with E-state index in [1.54, 1.807) is 4.90 Å². The molecule has 1 amide bonds. The third-order valence-electron chi connectivity index (χ3n) is 2.72. The van der Waals surface area contributed by atoms with E-state index in [-0.39, 0.29) is 5.91 Å². The summed E-state index contributed by atoms with van der Waals surface area (Å²) in [6, 6.07) is 8.03. The number of amidine groups is 1. The molecule has 1 saturated heterocycles. The summed E-state index contributed by atoms with van der Waals surface area (Å²) in [5, 5.41) is 0.862. The second-order valence-corrected chi connectivity index (χ2v) is 5.71. The summed E-state index contributed by atoms with van der Waals surface area (Å²) in [6.45, 7) is 1.21. The molecular formula is C11H10BrN3OS. The summed E-state index contributed by atoms with van der Waals surface area (Å²) in [7, 11) is 0. The van der Waals surface area contributed by atoms with Gasteiger partial charge in [-0.05, 0) is 18.2 Å². The van der Waals surface area contributed by atoms with Crippen LogP contribution < -0.4 is 4.90 Å².